The van der Waals surface area contributed by atoms with Gasteiger partial charge < -0.3 is 10.6 Å². The zero-order valence-corrected chi connectivity index (χ0v) is 13.9. The van der Waals surface area contributed by atoms with E-state index in [2.05, 4.69) is 29.5 Å². The molecule has 1 atom stereocenters. The molecule has 0 aliphatic carbocycles. The quantitative estimate of drug-likeness (QED) is 0.819. The number of halogens is 2. The zero-order valence-electron chi connectivity index (χ0n) is 12.4. The van der Waals surface area contributed by atoms with Crippen LogP contribution in [0.3, 0.4) is 0 Å². The van der Waals surface area contributed by atoms with Crippen LogP contribution in [0.5, 0.6) is 0 Å². The third kappa shape index (κ3) is 4.36. The van der Waals surface area contributed by atoms with Gasteiger partial charge in [-0.2, -0.15) is 0 Å². The molecule has 2 aromatic rings. The number of hydrogen-bond donors (Lipinski definition) is 2. The van der Waals surface area contributed by atoms with Crippen molar-refractivity contribution in [3.63, 3.8) is 0 Å². The van der Waals surface area contributed by atoms with Crippen LogP contribution in [-0.2, 0) is 0 Å². The minimum Gasteiger partial charge on any atom is -0.381 e. The Labute approximate surface area is 139 Å². The van der Waals surface area contributed by atoms with Crippen LogP contribution in [0.4, 0.5) is 11.4 Å². The highest BCUT2D eigenvalue weighted by Crippen LogP contribution is 2.25. The van der Waals surface area contributed by atoms with Crippen molar-refractivity contribution in [2.75, 3.05) is 10.6 Å². The molecule has 4 nitrogen and oxygen atoms in total. The number of amides is 1. The van der Waals surface area contributed by atoms with Crippen molar-refractivity contribution in [3.05, 3.63) is 52.3 Å². The van der Waals surface area contributed by atoms with E-state index >= 15 is 0 Å². The molecule has 0 aliphatic heterocycles. The van der Waals surface area contributed by atoms with Gasteiger partial charge >= 0.3 is 0 Å². The number of pyridine rings is 1. The molecule has 2 rings (SSSR count). The fourth-order valence-corrected chi connectivity index (χ4v) is 2.07. The molecule has 2 N–H and O–H groups in total. The summed E-state index contributed by atoms with van der Waals surface area (Å²) in [6.45, 7) is 4.19. The smallest absolute Gasteiger partial charge is 0.274 e. The van der Waals surface area contributed by atoms with Gasteiger partial charge in [0.1, 0.15) is 5.69 Å². The number of nitrogens with one attached hydrogen (secondary N) is 2. The fourth-order valence-electron chi connectivity index (χ4n) is 1.77. The maximum atomic E-state index is 12.1. The molecule has 22 heavy (non-hydrogen) atoms. The number of rotatable bonds is 5. The molecule has 6 heteroatoms. The molecule has 1 aromatic heterocycles. The Balaban J connectivity index is 2.04. The topological polar surface area (TPSA) is 54.0 Å². The van der Waals surface area contributed by atoms with Gasteiger partial charge in [-0.3, -0.25) is 4.79 Å². The summed E-state index contributed by atoms with van der Waals surface area (Å²) in [6, 6.07) is 8.79. The normalized spacial score (nSPS) is 11.8. The summed E-state index contributed by atoms with van der Waals surface area (Å²) in [7, 11) is 0. The minimum absolute atomic E-state index is 0.298. The Morgan fingerprint density at radius 3 is 2.50 bits per heavy atom. The predicted octanol–water partition coefficient (Wildman–Crippen LogP) is 4.85. The Hall–Kier alpha value is -1.78. The second kappa shape index (κ2) is 7.47. The lowest BCUT2D eigenvalue weighted by molar-refractivity contribution is 0.102. The van der Waals surface area contributed by atoms with Gasteiger partial charge in [-0.25, -0.2) is 4.98 Å². The minimum atomic E-state index is -0.298. The first-order valence-corrected chi connectivity index (χ1v) is 7.74. The van der Waals surface area contributed by atoms with Gasteiger partial charge in [0.05, 0.1) is 21.9 Å². The molecule has 0 saturated heterocycles. The third-order valence-electron chi connectivity index (χ3n) is 3.20. The average Bonchev–Trinajstić information content (AvgIpc) is 2.51. The molecule has 116 valence electrons. The van der Waals surface area contributed by atoms with E-state index in [1.54, 1.807) is 30.5 Å². The molecule has 1 amide bonds. The summed E-state index contributed by atoms with van der Waals surface area (Å²) in [5, 5.41) is 6.86. The van der Waals surface area contributed by atoms with Gasteiger partial charge in [0.25, 0.3) is 5.91 Å². The van der Waals surface area contributed by atoms with Gasteiger partial charge in [-0.05, 0) is 43.7 Å². The maximum Gasteiger partial charge on any atom is 0.274 e. The Kier molecular flexibility index (Phi) is 5.63. The molecule has 0 saturated carbocycles. The first kappa shape index (κ1) is 16.6. The summed E-state index contributed by atoms with van der Waals surface area (Å²) in [5.41, 5.74) is 1.80. The predicted molar refractivity (Wildman–Crippen MR) is 92.0 cm³/mol. The van der Waals surface area contributed by atoms with Gasteiger partial charge in [-0.15, -0.1) is 0 Å². The van der Waals surface area contributed by atoms with Crippen molar-refractivity contribution < 1.29 is 4.79 Å². The number of hydrogen-bond acceptors (Lipinski definition) is 3. The second-order valence-corrected chi connectivity index (χ2v) is 5.78. The molecular weight excluding hydrogens is 321 g/mol. The van der Waals surface area contributed by atoms with Gasteiger partial charge in [0.15, 0.2) is 0 Å². The molecule has 1 unspecified atom stereocenters. The average molecular weight is 338 g/mol. The van der Waals surface area contributed by atoms with Crippen LogP contribution in [0.1, 0.15) is 30.8 Å². The highest BCUT2D eigenvalue weighted by Gasteiger charge is 2.09. The van der Waals surface area contributed by atoms with Gasteiger partial charge in [-0.1, -0.05) is 30.1 Å². The van der Waals surface area contributed by atoms with E-state index in [1.165, 1.54) is 0 Å². The van der Waals surface area contributed by atoms with E-state index in [4.69, 9.17) is 23.2 Å². The van der Waals surface area contributed by atoms with Gasteiger partial charge in [0.2, 0.25) is 0 Å². The van der Waals surface area contributed by atoms with Crippen LogP contribution in [0.15, 0.2) is 36.5 Å². The third-order valence-corrected chi connectivity index (χ3v) is 3.94. The van der Waals surface area contributed by atoms with Crippen LogP contribution in [0.2, 0.25) is 10.0 Å². The van der Waals surface area contributed by atoms with E-state index in [9.17, 15) is 4.79 Å². The van der Waals surface area contributed by atoms with Crippen molar-refractivity contribution in [2.24, 2.45) is 0 Å². The molecule has 0 bridgehead atoms. The molecule has 1 heterocycles. The van der Waals surface area contributed by atoms with E-state index < -0.39 is 0 Å². The number of aromatic nitrogens is 1. The lowest BCUT2D eigenvalue weighted by Gasteiger charge is -2.12. The lowest BCUT2D eigenvalue weighted by Crippen LogP contribution is -2.16. The summed E-state index contributed by atoms with van der Waals surface area (Å²) < 4.78 is 0. The largest absolute Gasteiger partial charge is 0.381 e. The van der Waals surface area contributed by atoms with E-state index in [-0.39, 0.29) is 5.91 Å². The first-order chi connectivity index (χ1) is 10.5. The van der Waals surface area contributed by atoms with Crippen LogP contribution in [0, 0.1) is 0 Å². The maximum absolute atomic E-state index is 12.1. The Morgan fingerprint density at radius 2 is 1.91 bits per heavy atom. The van der Waals surface area contributed by atoms with Crippen molar-refractivity contribution in [1.82, 2.24) is 4.98 Å². The molecule has 1 aromatic carbocycles. The van der Waals surface area contributed by atoms with Crippen LogP contribution >= 0.6 is 23.2 Å². The Morgan fingerprint density at radius 1 is 1.18 bits per heavy atom. The number of nitrogens with zero attached hydrogens (tertiary/aromatic N) is 1. The van der Waals surface area contributed by atoms with Gasteiger partial charge in [0, 0.05) is 11.7 Å². The van der Waals surface area contributed by atoms with Crippen molar-refractivity contribution >= 4 is 40.5 Å². The van der Waals surface area contributed by atoms with E-state index in [1.807, 2.05) is 6.07 Å². The second-order valence-electron chi connectivity index (χ2n) is 4.97. The summed E-state index contributed by atoms with van der Waals surface area (Å²) in [5.74, 6) is -0.298. The van der Waals surface area contributed by atoms with Crippen LogP contribution in [0.25, 0.3) is 0 Å². The number of anilines is 2. The zero-order chi connectivity index (χ0) is 16.1. The van der Waals surface area contributed by atoms with E-state index in [0.717, 1.165) is 12.1 Å². The number of carbonyl (C=O) groups excluding carboxylic acids is 1. The number of benzene rings is 1. The molecule has 0 spiro atoms. The van der Waals surface area contributed by atoms with Crippen molar-refractivity contribution in [3.8, 4) is 0 Å². The van der Waals surface area contributed by atoms with E-state index in [0.29, 0.717) is 27.5 Å². The molecule has 0 radical (unpaired) electrons. The Bertz CT molecular complexity index is 659. The van der Waals surface area contributed by atoms with Crippen LogP contribution in [-0.4, -0.2) is 16.9 Å². The lowest BCUT2D eigenvalue weighted by atomic mass is 10.2. The van der Waals surface area contributed by atoms with Crippen molar-refractivity contribution in [2.45, 2.75) is 26.3 Å². The highest BCUT2D eigenvalue weighted by molar-refractivity contribution is 6.42. The monoisotopic (exact) mass is 337 g/mol. The van der Waals surface area contributed by atoms with Crippen molar-refractivity contribution in [1.29, 1.82) is 0 Å². The number of carbonyl (C=O) groups is 1. The highest BCUT2D eigenvalue weighted by atomic mass is 35.5. The summed E-state index contributed by atoms with van der Waals surface area (Å²) in [4.78, 5) is 16.3. The molecule has 0 fully saturated rings. The molecular formula is C16H17Cl2N3O. The first-order valence-electron chi connectivity index (χ1n) is 6.98. The van der Waals surface area contributed by atoms with Crippen LogP contribution < -0.4 is 10.6 Å². The molecule has 0 aliphatic rings. The summed E-state index contributed by atoms with van der Waals surface area (Å²) in [6.07, 6.45) is 2.66. The fraction of sp³-hybridized carbons (Fsp3) is 0.250. The summed E-state index contributed by atoms with van der Waals surface area (Å²) >= 11 is 11.8. The standard InChI is InChI=1S/C16H17Cl2N3O/c1-3-10(2)20-12-5-7-15(19-9-12)16(22)21-11-4-6-13(17)14(18)8-11/h4-10,20H,3H2,1-2H3,(H,21,22). The SMILES string of the molecule is CCC(C)Nc1ccc(C(=O)Nc2ccc(Cl)c(Cl)c2)nc1.